The van der Waals surface area contributed by atoms with E-state index in [0.717, 1.165) is 38.0 Å². The molecule has 2 aromatic carbocycles. The van der Waals surface area contributed by atoms with Gasteiger partial charge in [-0.1, -0.05) is 39.8 Å². The van der Waals surface area contributed by atoms with Crippen LogP contribution in [0.4, 0.5) is 0 Å². The van der Waals surface area contributed by atoms with Gasteiger partial charge in [-0.05, 0) is 80.4 Å². The van der Waals surface area contributed by atoms with Gasteiger partial charge in [0.15, 0.2) is 0 Å². The summed E-state index contributed by atoms with van der Waals surface area (Å²) < 4.78 is 11.2. The average molecular weight is 509 g/mol. The summed E-state index contributed by atoms with van der Waals surface area (Å²) in [5.74, 6) is 0.375. The van der Waals surface area contributed by atoms with Gasteiger partial charge in [0.25, 0.3) is 11.7 Å². The molecule has 1 unspecified atom stereocenters. The van der Waals surface area contributed by atoms with Gasteiger partial charge in [0, 0.05) is 12.1 Å². The SMILES string of the molecule is CCN(CC)CCCN1C(=O)C(=O)C(=C(O)c2ccc(OC)cc2)C1c1cccc(OCCC(C)C)c1. The molecule has 1 atom stereocenters. The number of aliphatic hydroxyl groups excluding tert-OH is 1. The number of hydrogen-bond donors (Lipinski definition) is 1. The highest BCUT2D eigenvalue weighted by Gasteiger charge is 2.45. The van der Waals surface area contributed by atoms with Gasteiger partial charge >= 0.3 is 0 Å². The van der Waals surface area contributed by atoms with Gasteiger partial charge in [-0.2, -0.15) is 0 Å². The maximum absolute atomic E-state index is 13.3. The minimum Gasteiger partial charge on any atom is -0.507 e. The number of likely N-dealkylation sites (tertiary alicyclic amines) is 1. The molecule has 1 amide bonds. The van der Waals surface area contributed by atoms with Crippen LogP contribution in [0.1, 0.15) is 57.7 Å². The molecule has 0 radical (unpaired) electrons. The third kappa shape index (κ3) is 6.92. The van der Waals surface area contributed by atoms with Crippen molar-refractivity contribution < 1.29 is 24.2 Å². The predicted molar refractivity (Wildman–Crippen MR) is 146 cm³/mol. The number of ether oxygens (including phenoxy) is 2. The maximum Gasteiger partial charge on any atom is 0.295 e. The maximum atomic E-state index is 13.3. The van der Waals surface area contributed by atoms with Gasteiger partial charge in [0.1, 0.15) is 17.3 Å². The largest absolute Gasteiger partial charge is 0.507 e. The van der Waals surface area contributed by atoms with Crippen molar-refractivity contribution in [2.24, 2.45) is 5.92 Å². The van der Waals surface area contributed by atoms with Crippen LogP contribution < -0.4 is 9.47 Å². The third-order valence-electron chi connectivity index (χ3n) is 6.81. The second kappa shape index (κ2) is 13.3. The number of ketones is 1. The normalized spacial score (nSPS) is 17.2. The number of Topliss-reactive ketones (excluding diaryl/α,β-unsaturated/α-hetero) is 1. The molecule has 200 valence electrons. The molecule has 1 heterocycles. The zero-order valence-electron chi connectivity index (χ0n) is 22.7. The highest BCUT2D eigenvalue weighted by atomic mass is 16.5. The van der Waals surface area contributed by atoms with Crippen LogP contribution in [-0.2, 0) is 9.59 Å². The molecule has 1 N–H and O–H groups in total. The number of amides is 1. The zero-order chi connectivity index (χ0) is 26.9. The Morgan fingerprint density at radius 3 is 2.38 bits per heavy atom. The standard InChI is InChI=1S/C30H40N2O5/c1-6-31(7-2)17-9-18-32-27(23-10-8-11-25(20-23)37-19-16-21(3)4)26(29(34)30(32)35)28(33)22-12-14-24(36-5)15-13-22/h8,10-15,20-21,27,33H,6-7,9,16-19H2,1-5H3. The summed E-state index contributed by atoms with van der Waals surface area (Å²) >= 11 is 0. The molecule has 0 spiro atoms. The van der Waals surface area contributed by atoms with Crippen molar-refractivity contribution >= 4 is 17.4 Å². The van der Waals surface area contributed by atoms with E-state index in [1.165, 1.54) is 0 Å². The first-order chi connectivity index (χ1) is 17.8. The molecule has 3 rings (SSSR count). The van der Waals surface area contributed by atoms with Crippen molar-refractivity contribution in [3.63, 3.8) is 0 Å². The minimum atomic E-state index is -0.701. The molecule has 0 aliphatic carbocycles. The fraction of sp³-hybridized carbons (Fsp3) is 0.467. The van der Waals surface area contributed by atoms with Crippen molar-refractivity contribution in [1.29, 1.82) is 0 Å². The molecule has 1 saturated heterocycles. The van der Waals surface area contributed by atoms with Gasteiger partial charge in [0.05, 0.1) is 25.3 Å². The van der Waals surface area contributed by atoms with Crippen LogP contribution in [0.5, 0.6) is 11.5 Å². The molecule has 37 heavy (non-hydrogen) atoms. The average Bonchev–Trinajstić information content (AvgIpc) is 3.15. The smallest absolute Gasteiger partial charge is 0.295 e. The van der Waals surface area contributed by atoms with Crippen LogP contribution in [0.2, 0.25) is 0 Å². The Morgan fingerprint density at radius 1 is 1.05 bits per heavy atom. The third-order valence-corrected chi connectivity index (χ3v) is 6.81. The Hall–Kier alpha value is -3.32. The van der Waals surface area contributed by atoms with Crippen LogP contribution >= 0.6 is 0 Å². The zero-order valence-corrected chi connectivity index (χ0v) is 22.7. The summed E-state index contributed by atoms with van der Waals surface area (Å²) in [5, 5.41) is 11.3. The van der Waals surface area contributed by atoms with Gasteiger partial charge in [0.2, 0.25) is 0 Å². The molecule has 0 bridgehead atoms. The fourth-order valence-electron chi connectivity index (χ4n) is 4.55. The summed E-state index contributed by atoms with van der Waals surface area (Å²) in [6, 6.07) is 13.6. The topological polar surface area (TPSA) is 79.3 Å². The van der Waals surface area contributed by atoms with Gasteiger partial charge in [-0.3, -0.25) is 9.59 Å². The summed E-state index contributed by atoms with van der Waals surface area (Å²) in [4.78, 5) is 30.4. The number of carbonyl (C=O) groups excluding carboxylic acids is 2. The first-order valence-electron chi connectivity index (χ1n) is 13.2. The molecular weight excluding hydrogens is 468 g/mol. The molecular formula is C30H40N2O5. The molecule has 7 heteroatoms. The monoisotopic (exact) mass is 508 g/mol. The number of nitrogens with zero attached hydrogens (tertiary/aromatic N) is 2. The second-order valence-corrected chi connectivity index (χ2v) is 9.70. The number of rotatable bonds is 13. The fourth-order valence-corrected chi connectivity index (χ4v) is 4.55. The van der Waals surface area contributed by atoms with Crippen molar-refractivity contribution in [1.82, 2.24) is 9.80 Å². The lowest BCUT2D eigenvalue weighted by molar-refractivity contribution is -0.140. The summed E-state index contributed by atoms with van der Waals surface area (Å²) in [5.41, 5.74) is 1.28. The lowest BCUT2D eigenvalue weighted by Crippen LogP contribution is -2.33. The first-order valence-corrected chi connectivity index (χ1v) is 13.2. The van der Waals surface area contributed by atoms with E-state index < -0.39 is 17.7 Å². The van der Waals surface area contributed by atoms with E-state index >= 15 is 0 Å². The van der Waals surface area contributed by atoms with Crippen molar-refractivity contribution in [3.05, 3.63) is 65.2 Å². The van der Waals surface area contributed by atoms with Crippen LogP contribution in [-0.4, -0.2) is 66.5 Å². The molecule has 1 fully saturated rings. The van der Waals surface area contributed by atoms with Gasteiger partial charge in [-0.25, -0.2) is 0 Å². The molecule has 2 aromatic rings. The number of hydrogen-bond acceptors (Lipinski definition) is 6. The minimum absolute atomic E-state index is 0.0948. The van der Waals surface area contributed by atoms with Crippen LogP contribution in [0.25, 0.3) is 5.76 Å². The second-order valence-electron chi connectivity index (χ2n) is 9.70. The van der Waals surface area contributed by atoms with Crippen LogP contribution in [0.3, 0.4) is 0 Å². The van der Waals surface area contributed by atoms with E-state index in [1.54, 1.807) is 36.3 Å². The summed E-state index contributed by atoms with van der Waals surface area (Å²) in [7, 11) is 1.56. The number of methoxy groups -OCH3 is 1. The lowest BCUT2D eigenvalue weighted by Gasteiger charge is -2.27. The molecule has 1 aliphatic heterocycles. The van der Waals surface area contributed by atoms with Crippen LogP contribution in [0, 0.1) is 5.92 Å². The Morgan fingerprint density at radius 2 is 1.76 bits per heavy atom. The molecule has 0 saturated carbocycles. The molecule has 1 aliphatic rings. The quantitative estimate of drug-likeness (QED) is 0.225. The van der Waals surface area contributed by atoms with Gasteiger partial charge < -0.3 is 24.4 Å². The van der Waals surface area contributed by atoms with E-state index in [2.05, 4.69) is 32.6 Å². The Bertz CT molecular complexity index is 1090. The Labute approximate surface area is 220 Å². The Kier molecular flexibility index (Phi) is 10.1. The van der Waals surface area contributed by atoms with E-state index in [-0.39, 0.29) is 11.3 Å². The molecule has 0 aromatic heterocycles. The van der Waals surface area contributed by atoms with Gasteiger partial charge in [-0.15, -0.1) is 0 Å². The van der Waals surface area contributed by atoms with E-state index in [0.29, 0.717) is 36.1 Å². The number of benzene rings is 2. The summed E-state index contributed by atoms with van der Waals surface area (Å²) in [6.07, 6.45) is 1.64. The van der Waals surface area contributed by atoms with Crippen LogP contribution in [0.15, 0.2) is 54.1 Å². The highest BCUT2D eigenvalue weighted by Crippen LogP contribution is 2.40. The highest BCUT2D eigenvalue weighted by molar-refractivity contribution is 6.46. The predicted octanol–water partition coefficient (Wildman–Crippen LogP) is 5.27. The van der Waals surface area contributed by atoms with E-state index in [4.69, 9.17) is 9.47 Å². The summed E-state index contributed by atoms with van der Waals surface area (Å²) in [6.45, 7) is 12.2. The Balaban J connectivity index is 2.00. The lowest BCUT2D eigenvalue weighted by atomic mass is 9.95. The van der Waals surface area contributed by atoms with E-state index in [1.807, 2.05) is 24.3 Å². The molecule has 7 nitrogen and oxygen atoms in total. The first kappa shape index (κ1) is 28.3. The van der Waals surface area contributed by atoms with Crippen molar-refractivity contribution in [3.8, 4) is 11.5 Å². The van der Waals surface area contributed by atoms with Crippen molar-refractivity contribution in [2.45, 2.75) is 46.6 Å². The van der Waals surface area contributed by atoms with E-state index in [9.17, 15) is 14.7 Å². The number of carbonyl (C=O) groups is 2. The number of aliphatic hydroxyl groups is 1. The van der Waals surface area contributed by atoms with Crippen molar-refractivity contribution in [2.75, 3.05) is 39.9 Å².